The van der Waals surface area contributed by atoms with Crippen molar-refractivity contribution in [2.45, 2.75) is 65.2 Å². The van der Waals surface area contributed by atoms with Crippen molar-refractivity contribution in [2.75, 3.05) is 6.54 Å². The third kappa shape index (κ3) is 4.67. The summed E-state index contributed by atoms with van der Waals surface area (Å²) in [6.07, 6.45) is -5.94. The number of halogens is 6. The molecule has 0 amide bonds. The first-order valence-corrected chi connectivity index (χ1v) is 7.94. The van der Waals surface area contributed by atoms with Gasteiger partial charge in [0.2, 0.25) is 0 Å². The molecule has 1 nitrogen and oxygen atoms in total. The lowest BCUT2D eigenvalue weighted by molar-refractivity contribution is -0.135. The quantitative estimate of drug-likeness (QED) is 0.410. The highest BCUT2D eigenvalue weighted by Crippen LogP contribution is 2.45. The first-order valence-electron chi connectivity index (χ1n) is 7.94. The van der Waals surface area contributed by atoms with Gasteiger partial charge in [0.05, 0.1) is 0 Å². The SMILES string of the molecule is CCCCCC1C=C(C(F)(F)F)N(CC)C(C(F)(F)F)=C1CC. The third-order valence-corrected chi connectivity index (χ3v) is 4.05. The van der Waals surface area contributed by atoms with Crippen LogP contribution in [0, 0.1) is 5.92 Å². The Kier molecular flexibility index (Phi) is 6.59. The van der Waals surface area contributed by atoms with Crippen LogP contribution < -0.4 is 0 Å². The first-order chi connectivity index (χ1) is 10.6. The van der Waals surface area contributed by atoms with Crippen molar-refractivity contribution in [1.29, 1.82) is 0 Å². The Morgan fingerprint density at radius 2 is 1.57 bits per heavy atom. The summed E-state index contributed by atoms with van der Waals surface area (Å²) in [5.41, 5.74) is -2.26. The second-order valence-corrected chi connectivity index (χ2v) is 5.62. The lowest BCUT2D eigenvalue weighted by Crippen LogP contribution is -2.41. The number of alkyl halides is 6. The van der Waals surface area contributed by atoms with Crippen LogP contribution in [0.2, 0.25) is 0 Å². The minimum Gasteiger partial charge on any atom is -0.334 e. The zero-order chi connectivity index (χ0) is 17.8. The highest BCUT2D eigenvalue weighted by Gasteiger charge is 2.49. The van der Waals surface area contributed by atoms with E-state index in [0.717, 1.165) is 18.9 Å². The number of allylic oxidation sites excluding steroid dienone is 4. The number of nitrogens with zero attached hydrogens (tertiary/aromatic N) is 1. The summed E-state index contributed by atoms with van der Waals surface area (Å²) in [6.45, 7) is 4.43. The summed E-state index contributed by atoms with van der Waals surface area (Å²) in [6, 6.07) is 0. The van der Waals surface area contributed by atoms with Gasteiger partial charge in [-0.15, -0.1) is 0 Å². The molecule has 0 aromatic heterocycles. The molecule has 0 aromatic carbocycles. The number of hydrogen-bond acceptors (Lipinski definition) is 1. The third-order valence-electron chi connectivity index (χ3n) is 4.05. The largest absolute Gasteiger partial charge is 0.431 e. The molecule has 0 N–H and O–H groups in total. The van der Waals surface area contributed by atoms with E-state index in [4.69, 9.17) is 0 Å². The highest BCUT2D eigenvalue weighted by molar-refractivity contribution is 5.34. The number of hydrogen-bond donors (Lipinski definition) is 0. The predicted octanol–water partition coefficient (Wildman–Crippen LogP) is 6.19. The smallest absolute Gasteiger partial charge is 0.334 e. The van der Waals surface area contributed by atoms with Crippen LogP contribution in [0.4, 0.5) is 26.3 Å². The second kappa shape index (κ2) is 7.62. The van der Waals surface area contributed by atoms with Crippen LogP contribution in [0.25, 0.3) is 0 Å². The minimum atomic E-state index is -4.80. The van der Waals surface area contributed by atoms with Crippen LogP contribution in [-0.2, 0) is 0 Å². The van der Waals surface area contributed by atoms with Gasteiger partial charge in [0.15, 0.2) is 0 Å². The minimum absolute atomic E-state index is 0.0588. The lowest BCUT2D eigenvalue weighted by Gasteiger charge is -2.38. The standard InChI is InChI=1S/C16H23F6N/c1-4-7-8-9-11-10-13(15(17,18)19)23(6-3)14(12(11)5-2)16(20,21)22/h10-11H,4-9H2,1-3H3. The zero-order valence-corrected chi connectivity index (χ0v) is 13.6. The summed E-state index contributed by atoms with van der Waals surface area (Å²) >= 11 is 0. The molecule has 1 aliphatic heterocycles. The normalized spacial score (nSPS) is 20.1. The Morgan fingerprint density at radius 3 is 1.96 bits per heavy atom. The fourth-order valence-electron chi connectivity index (χ4n) is 3.06. The van der Waals surface area contributed by atoms with E-state index in [1.165, 1.54) is 6.92 Å². The van der Waals surface area contributed by atoms with E-state index < -0.39 is 29.7 Å². The van der Waals surface area contributed by atoms with Gasteiger partial charge in [-0.05, 0) is 31.4 Å². The van der Waals surface area contributed by atoms with E-state index in [1.807, 2.05) is 6.92 Å². The Balaban J connectivity index is 3.37. The van der Waals surface area contributed by atoms with Crippen molar-refractivity contribution in [1.82, 2.24) is 4.90 Å². The van der Waals surface area contributed by atoms with Gasteiger partial charge in [0, 0.05) is 12.5 Å². The summed E-state index contributed by atoms with van der Waals surface area (Å²) in [5.74, 6) is -0.803. The fraction of sp³-hybridized carbons (Fsp3) is 0.750. The van der Waals surface area contributed by atoms with Crippen molar-refractivity contribution in [2.24, 2.45) is 5.92 Å². The molecule has 0 aliphatic carbocycles. The molecule has 7 heteroatoms. The van der Waals surface area contributed by atoms with E-state index in [0.29, 0.717) is 17.7 Å². The molecule has 1 rings (SSSR count). The van der Waals surface area contributed by atoms with Crippen LogP contribution in [0.3, 0.4) is 0 Å². The van der Waals surface area contributed by atoms with Gasteiger partial charge < -0.3 is 4.90 Å². The van der Waals surface area contributed by atoms with Crippen LogP contribution in [0.15, 0.2) is 23.0 Å². The van der Waals surface area contributed by atoms with Gasteiger partial charge in [-0.3, -0.25) is 0 Å². The highest BCUT2D eigenvalue weighted by atomic mass is 19.4. The zero-order valence-electron chi connectivity index (χ0n) is 13.6. The Morgan fingerprint density at radius 1 is 0.957 bits per heavy atom. The predicted molar refractivity (Wildman–Crippen MR) is 77.5 cm³/mol. The van der Waals surface area contributed by atoms with Crippen molar-refractivity contribution >= 4 is 0 Å². The van der Waals surface area contributed by atoms with E-state index >= 15 is 0 Å². The molecule has 1 atom stereocenters. The first kappa shape index (κ1) is 19.9. The molecule has 0 aromatic rings. The van der Waals surface area contributed by atoms with Crippen LogP contribution in [-0.4, -0.2) is 23.8 Å². The summed E-state index contributed by atoms with van der Waals surface area (Å²) in [4.78, 5) is 0.370. The van der Waals surface area contributed by atoms with Gasteiger partial charge in [-0.2, -0.15) is 26.3 Å². The molecule has 0 saturated carbocycles. The maximum Gasteiger partial charge on any atom is 0.431 e. The van der Waals surface area contributed by atoms with E-state index in [9.17, 15) is 26.3 Å². The number of rotatable bonds is 6. The molecule has 134 valence electrons. The average Bonchev–Trinajstić information content (AvgIpc) is 2.43. The van der Waals surface area contributed by atoms with Gasteiger partial charge in [-0.25, -0.2) is 0 Å². The van der Waals surface area contributed by atoms with Gasteiger partial charge in [-0.1, -0.05) is 33.1 Å². The average molecular weight is 343 g/mol. The van der Waals surface area contributed by atoms with Crippen LogP contribution >= 0.6 is 0 Å². The molecule has 0 fully saturated rings. The molecule has 23 heavy (non-hydrogen) atoms. The molecule has 1 heterocycles. The molecule has 0 radical (unpaired) electrons. The molecule has 1 aliphatic rings. The topological polar surface area (TPSA) is 3.24 Å². The van der Waals surface area contributed by atoms with Crippen molar-refractivity contribution in [3.8, 4) is 0 Å². The van der Waals surface area contributed by atoms with E-state index in [2.05, 4.69) is 0 Å². The molecule has 1 unspecified atom stereocenters. The van der Waals surface area contributed by atoms with E-state index in [-0.39, 0.29) is 18.5 Å². The molecule has 0 saturated heterocycles. The van der Waals surface area contributed by atoms with Crippen LogP contribution in [0.1, 0.15) is 52.9 Å². The molecular weight excluding hydrogens is 320 g/mol. The van der Waals surface area contributed by atoms with Gasteiger partial charge in [0.1, 0.15) is 11.4 Å². The fourth-order valence-corrected chi connectivity index (χ4v) is 3.06. The number of unbranched alkanes of at least 4 members (excludes halogenated alkanes) is 2. The molecular formula is C16H23F6N. The van der Waals surface area contributed by atoms with E-state index in [1.54, 1.807) is 6.92 Å². The summed E-state index contributed by atoms with van der Waals surface area (Å²) in [7, 11) is 0. The van der Waals surface area contributed by atoms with Crippen molar-refractivity contribution in [3.05, 3.63) is 23.0 Å². The maximum absolute atomic E-state index is 13.4. The molecule has 0 bridgehead atoms. The van der Waals surface area contributed by atoms with Crippen molar-refractivity contribution in [3.63, 3.8) is 0 Å². The Labute approximate surface area is 133 Å². The maximum atomic E-state index is 13.4. The monoisotopic (exact) mass is 343 g/mol. The van der Waals surface area contributed by atoms with Gasteiger partial charge >= 0.3 is 12.4 Å². The van der Waals surface area contributed by atoms with Crippen molar-refractivity contribution < 1.29 is 26.3 Å². The summed E-state index contributed by atoms with van der Waals surface area (Å²) < 4.78 is 80.0. The molecule has 0 spiro atoms. The Hall–Kier alpha value is -1.14. The second-order valence-electron chi connectivity index (χ2n) is 5.62. The lowest BCUT2D eigenvalue weighted by atomic mass is 9.85. The summed E-state index contributed by atoms with van der Waals surface area (Å²) in [5, 5.41) is 0. The van der Waals surface area contributed by atoms with Crippen LogP contribution in [0.5, 0.6) is 0 Å². The Bertz CT molecular complexity index is 458. The van der Waals surface area contributed by atoms with Gasteiger partial charge in [0.25, 0.3) is 0 Å².